The van der Waals surface area contributed by atoms with Gasteiger partial charge < -0.3 is 0 Å². The first kappa shape index (κ1) is 27.5. The second kappa shape index (κ2) is 11.5. The standard InChI is InChI=1S/C43H34N2S/c1-3-11-29(12-4-1)38-27-39(30-13-5-2-6-14-30)45-43(44-38)32-21-19-28(20-22-32)33-25-23-31-24-26-37-35-16-9-10-18-40(35)46-42(37)41(31)36-17-8-7-15-34(33)36/h1-5,8-13,16-22,24,26-27,33H,6-7,14-15,23,25H2. The van der Waals surface area contributed by atoms with Crippen molar-refractivity contribution in [2.45, 2.75) is 44.4 Å². The molecule has 222 valence electrons. The van der Waals surface area contributed by atoms with Crippen molar-refractivity contribution in [1.29, 1.82) is 0 Å². The molecule has 1 atom stereocenters. The molecular formula is C43H34N2S. The van der Waals surface area contributed by atoms with E-state index in [2.05, 4.69) is 127 Å². The summed E-state index contributed by atoms with van der Waals surface area (Å²) in [5, 5.41) is 2.77. The van der Waals surface area contributed by atoms with E-state index < -0.39 is 0 Å². The number of nitrogens with zero attached hydrogens (tertiary/aromatic N) is 2. The second-order valence-electron chi connectivity index (χ2n) is 12.7. The van der Waals surface area contributed by atoms with Crippen LogP contribution >= 0.6 is 11.3 Å². The third kappa shape index (κ3) is 4.78. The molecule has 3 heteroatoms. The second-order valence-corrected chi connectivity index (χ2v) is 13.7. The van der Waals surface area contributed by atoms with E-state index in [1.165, 1.54) is 48.0 Å². The van der Waals surface area contributed by atoms with E-state index in [1.54, 1.807) is 5.57 Å². The fourth-order valence-electron chi connectivity index (χ4n) is 7.64. The van der Waals surface area contributed by atoms with Crippen LogP contribution in [0.3, 0.4) is 0 Å². The fraction of sp³-hybridized carbons (Fsp3) is 0.163. The minimum atomic E-state index is 0.400. The Kier molecular flexibility index (Phi) is 6.86. The van der Waals surface area contributed by atoms with Gasteiger partial charge in [0.25, 0.3) is 0 Å². The molecule has 6 aromatic rings. The number of hydrogen-bond acceptors (Lipinski definition) is 3. The zero-order valence-electron chi connectivity index (χ0n) is 25.7. The molecule has 2 heterocycles. The van der Waals surface area contributed by atoms with Crippen molar-refractivity contribution in [2.24, 2.45) is 0 Å². The number of allylic oxidation sites excluding steroid dienone is 8. The molecule has 0 fully saturated rings. The summed E-state index contributed by atoms with van der Waals surface area (Å²) in [5.41, 5.74) is 12.9. The fourth-order valence-corrected chi connectivity index (χ4v) is 8.93. The number of aromatic nitrogens is 2. The smallest absolute Gasteiger partial charge is 0.160 e. The highest BCUT2D eigenvalue weighted by atomic mass is 32.1. The minimum absolute atomic E-state index is 0.400. The number of thiophene rings is 1. The van der Waals surface area contributed by atoms with Crippen LogP contribution in [-0.2, 0) is 6.42 Å². The average Bonchev–Trinajstić information content (AvgIpc) is 3.42. The van der Waals surface area contributed by atoms with Crippen molar-refractivity contribution < 1.29 is 0 Å². The molecule has 9 rings (SSSR count). The van der Waals surface area contributed by atoms with Gasteiger partial charge in [-0.05, 0) is 72.9 Å². The minimum Gasteiger partial charge on any atom is -0.228 e. The molecule has 0 saturated carbocycles. The van der Waals surface area contributed by atoms with Crippen molar-refractivity contribution in [1.82, 2.24) is 9.97 Å². The molecule has 0 aliphatic heterocycles. The van der Waals surface area contributed by atoms with Gasteiger partial charge in [0.2, 0.25) is 0 Å². The molecule has 1 unspecified atom stereocenters. The van der Waals surface area contributed by atoms with E-state index in [9.17, 15) is 0 Å². The van der Waals surface area contributed by atoms with Crippen molar-refractivity contribution >= 4 is 42.7 Å². The Morgan fingerprint density at radius 1 is 0.674 bits per heavy atom. The Morgan fingerprint density at radius 2 is 1.50 bits per heavy atom. The van der Waals surface area contributed by atoms with E-state index in [1.807, 2.05) is 11.3 Å². The first-order chi connectivity index (χ1) is 22.8. The third-order valence-corrected chi connectivity index (χ3v) is 11.2. The Labute approximate surface area is 274 Å². The molecule has 4 aromatic carbocycles. The predicted molar refractivity (Wildman–Crippen MR) is 195 cm³/mol. The molecule has 0 amide bonds. The van der Waals surface area contributed by atoms with Crippen LogP contribution in [0.15, 0.2) is 133 Å². The first-order valence-electron chi connectivity index (χ1n) is 16.5. The Hall–Kier alpha value is -4.86. The SMILES string of the molecule is C1=CCCC(c2cc(-c3ccccc3)nc(-c3ccc(C4CCc5ccc6c(sc7ccccc76)c5C5=C4CCC=C5)cc3)n2)=C1. The summed E-state index contributed by atoms with van der Waals surface area (Å²) < 4.78 is 2.82. The summed E-state index contributed by atoms with van der Waals surface area (Å²) in [7, 11) is 0. The van der Waals surface area contributed by atoms with Gasteiger partial charge in [0, 0.05) is 42.8 Å². The molecule has 3 aliphatic carbocycles. The summed E-state index contributed by atoms with van der Waals surface area (Å²) in [4.78, 5) is 10.2. The van der Waals surface area contributed by atoms with Gasteiger partial charge in [0.15, 0.2) is 5.82 Å². The Morgan fingerprint density at radius 3 is 2.37 bits per heavy atom. The van der Waals surface area contributed by atoms with Crippen LogP contribution in [0.2, 0.25) is 0 Å². The Balaban J connectivity index is 1.12. The van der Waals surface area contributed by atoms with Gasteiger partial charge in [-0.25, -0.2) is 9.97 Å². The van der Waals surface area contributed by atoms with Gasteiger partial charge in [-0.1, -0.05) is 121 Å². The molecule has 2 aromatic heterocycles. The summed E-state index contributed by atoms with van der Waals surface area (Å²) >= 11 is 1.96. The summed E-state index contributed by atoms with van der Waals surface area (Å²) in [6.45, 7) is 0. The molecule has 2 nitrogen and oxygen atoms in total. The van der Waals surface area contributed by atoms with Gasteiger partial charge in [-0.15, -0.1) is 11.3 Å². The number of aryl methyl sites for hydroxylation is 1. The van der Waals surface area contributed by atoms with Gasteiger partial charge in [-0.3, -0.25) is 0 Å². The van der Waals surface area contributed by atoms with E-state index in [4.69, 9.17) is 9.97 Å². The van der Waals surface area contributed by atoms with Crippen LogP contribution in [0, 0.1) is 0 Å². The van der Waals surface area contributed by atoms with Crippen LogP contribution in [0.1, 0.15) is 60.4 Å². The maximum Gasteiger partial charge on any atom is 0.160 e. The van der Waals surface area contributed by atoms with E-state index >= 15 is 0 Å². The maximum atomic E-state index is 5.12. The van der Waals surface area contributed by atoms with Crippen LogP contribution in [-0.4, -0.2) is 9.97 Å². The van der Waals surface area contributed by atoms with Crippen molar-refractivity contribution in [3.8, 4) is 22.6 Å². The van der Waals surface area contributed by atoms with E-state index in [0.29, 0.717) is 5.92 Å². The van der Waals surface area contributed by atoms with Gasteiger partial charge in [0.05, 0.1) is 11.4 Å². The molecule has 0 saturated heterocycles. The van der Waals surface area contributed by atoms with Crippen molar-refractivity contribution in [2.75, 3.05) is 0 Å². The van der Waals surface area contributed by atoms with Crippen LogP contribution < -0.4 is 0 Å². The van der Waals surface area contributed by atoms with Gasteiger partial charge >= 0.3 is 0 Å². The quantitative estimate of drug-likeness (QED) is 0.198. The van der Waals surface area contributed by atoms with E-state index in [0.717, 1.165) is 66.9 Å². The topological polar surface area (TPSA) is 25.8 Å². The third-order valence-electron chi connectivity index (χ3n) is 9.95. The lowest BCUT2D eigenvalue weighted by Gasteiger charge is -2.24. The molecule has 46 heavy (non-hydrogen) atoms. The lowest BCUT2D eigenvalue weighted by Crippen LogP contribution is -2.06. The number of fused-ring (bicyclic) bond motifs is 6. The highest BCUT2D eigenvalue weighted by molar-refractivity contribution is 7.26. The lowest BCUT2D eigenvalue weighted by molar-refractivity contribution is 0.680. The number of benzene rings is 4. The predicted octanol–water partition coefficient (Wildman–Crippen LogP) is 11.7. The number of hydrogen-bond donors (Lipinski definition) is 0. The summed E-state index contributed by atoms with van der Waals surface area (Å²) in [5.74, 6) is 1.19. The Bertz CT molecular complexity index is 2250. The molecule has 0 radical (unpaired) electrons. The molecule has 0 bridgehead atoms. The van der Waals surface area contributed by atoms with Crippen LogP contribution in [0.25, 0.3) is 54.0 Å². The monoisotopic (exact) mass is 610 g/mol. The first-order valence-corrected chi connectivity index (χ1v) is 17.4. The molecule has 0 N–H and O–H groups in total. The summed E-state index contributed by atoms with van der Waals surface area (Å²) in [6, 6.07) is 35.5. The normalized spacial score (nSPS) is 17.6. The highest BCUT2D eigenvalue weighted by Crippen LogP contribution is 2.48. The van der Waals surface area contributed by atoms with E-state index in [-0.39, 0.29) is 0 Å². The lowest BCUT2D eigenvalue weighted by atomic mass is 9.81. The molecular weight excluding hydrogens is 577 g/mol. The van der Waals surface area contributed by atoms with Crippen LogP contribution in [0.4, 0.5) is 0 Å². The zero-order chi connectivity index (χ0) is 30.5. The maximum absolute atomic E-state index is 5.12. The van der Waals surface area contributed by atoms with Crippen LogP contribution in [0.5, 0.6) is 0 Å². The molecule has 3 aliphatic rings. The number of rotatable bonds is 4. The van der Waals surface area contributed by atoms with Gasteiger partial charge in [-0.2, -0.15) is 0 Å². The van der Waals surface area contributed by atoms with Gasteiger partial charge in [0.1, 0.15) is 0 Å². The average molecular weight is 611 g/mol. The summed E-state index contributed by atoms with van der Waals surface area (Å²) in [6.07, 6.45) is 17.9. The van der Waals surface area contributed by atoms with Crippen molar-refractivity contribution in [3.05, 3.63) is 155 Å². The largest absolute Gasteiger partial charge is 0.228 e. The van der Waals surface area contributed by atoms with Crippen molar-refractivity contribution in [3.63, 3.8) is 0 Å². The zero-order valence-corrected chi connectivity index (χ0v) is 26.6. The highest BCUT2D eigenvalue weighted by Gasteiger charge is 2.28. The molecule has 0 spiro atoms.